The van der Waals surface area contributed by atoms with E-state index >= 15 is 0 Å². The molecular formula is C19H19ClN4O. The molecule has 1 amide bonds. The first-order valence-electron chi connectivity index (χ1n) is 8.50. The number of carbonyl (C=O) groups is 1. The van der Waals surface area contributed by atoms with Gasteiger partial charge in [-0.05, 0) is 43.5 Å². The maximum Gasteiger partial charge on any atom is 0.259 e. The third-order valence-corrected chi connectivity index (χ3v) is 4.92. The molecule has 3 aromatic rings. The Labute approximate surface area is 151 Å². The van der Waals surface area contributed by atoms with Crippen molar-refractivity contribution in [3.05, 3.63) is 59.4 Å². The SMILES string of the molecule is O=C(Nc1ccccc1Cl)c1cnn2ccc(N3CCCCC3)cc12. The van der Waals surface area contributed by atoms with Crippen molar-refractivity contribution in [2.24, 2.45) is 0 Å². The Bertz CT molecular complexity index is 915. The zero-order valence-electron chi connectivity index (χ0n) is 13.8. The molecule has 0 radical (unpaired) electrons. The molecule has 4 rings (SSSR count). The summed E-state index contributed by atoms with van der Waals surface area (Å²) in [5.74, 6) is -0.209. The molecule has 0 unspecified atom stereocenters. The van der Waals surface area contributed by atoms with Gasteiger partial charge in [0.2, 0.25) is 0 Å². The number of piperidine rings is 1. The fraction of sp³-hybridized carbons (Fsp3) is 0.263. The molecule has 0 saturated carbocycles. The van der Waals surface area contributed by atoms with Gasteiger partial charge in [0, 0.05) is 25.0 Å². The Morgan fingerprint density at radius 1 is 1.12 bits per heavy atom. The number of nitrogens with zero attached hydrogens (tertiary/aromatic N) is 3. The monoisotopic (exact) mass is 354 g/mol. The Morgan fingerprint density at radius 2 is 1.92 bits per heavy atom. The molecule has 0 aliphatic carbocycles. The van der Waals surface area contributed by atoms with Gasteiger partial charge >= 0.3 is 0 Å². The summed E-state index contributed by atoms with van der Waals surface area (Å²) in [7, 11) is 0. The fourth-order valence-corrected chi connectivity index (χ4v) is 3.43. The van der Waals surface area contributed by atoms with E-state index in [0.29, 0.717) is 16.3 Å². The van der Waals surface area contributed by atoms with Gasteiger partial charge in [-0.3, -0.25) is 4.79 Å². The minimum Gasteiger partial charge on any atom is -0.371 e. The number of hydrogen-bond acceptors (Lipinski definition) is 3. The number of anilines is 2. The molecule has 1 fully saturated rings. The average molecular weight is 355 g/mol. The van der Waals surface area contributed by atoms with E-state index in [1.165, 1.54) is 19.3 Å². The minimum absolute atomic E-state index is 0.209. The number of carbonyl (C=O) groups excluding carboxylic acids is 1. The summed E-state index contributed by atoms with van der Waals surface area (Å²) in [6, 6.07) is 11.3. The van der Waals surface area contributed by atoms with Crippen LogP contribution in [0.25, 0.3) is 5.52 Å². The molecule has 1 aromatic carbocycles. The van der Waals surface area contributed by atoms with E-state index in [9.17, 15) is 4.79 Å². The summed E-state index contributed by atoms with van der Waals surface area (Å²) in [6.45, 7) is 2.12. The first-order chi connectivity index (χ1) is 12.2. The lowest BCUT2D eigenvalue weighted by Gasteiger charge is -2.28. The highest BCUT2D eigenvalue weighted by Gasteiger charge is 2.17. The van der Waals surface area contributed by atoms with Crippen molar-refractivity contribution in [2.75, 3.05) is 23.3 Å². The molecule has 0 atom stereocenters. The molecule has 1 saturated heterocycles. The normalized spacial score (nSPS) is 14.7. The maximum absolute atomic E-state index is 12.7. The molecule has 25 heavy (non-hydrogen) atoms. The van der Waals surface area contributed by atoms with E-state index in [4.69, 9.17) is 11.6 Å². The quantitative estimate of drug-likeness (QED) is 0.765. The van der Waals surface area contributed by atoms with Crippen LogP contribution in [0, 0.1) is 0 Å². The summed E-state index contributed by atoms with van der Waals surface area (Å²) >= 11 is 6.13. The lowest BCUT2D eigenvalue weighted by atomic mass is 10.1. The van der Waals surface area contributed by atoms with Gasteiger partial charge in [-0.15, -0.1) is 0 Å². The highest BCUT2D eigenvalue weighted by molar-refractivity contribution is 6.34. The summed E-state index contributed by atoms with van der Waals surface area (Å²) < 4.78 is 1.73. The second-order valence-corrected chi connectivity index (χ2v) is 6.66. The van der Waals surface area contributed by atoms with E-state index in [-0.39, 0.29) is 5.91 Å². The van der Waals surface area contributed by atoms with Gasteiger partial charge in [0.05, 0.1) is 28.0 Å². The molecule has 6 heteroatoms. The smallest absolute Gasteiger partial charge is 0.259 e. The predicted octanol–water partition coefficient (Wildman–Crippen LogP) is 4.23. The van der Waals surface area contributed by atoms with Crippen molar-refractivity contribution in [3.63, 3.8) is 0 Å². The number of para-hydroxylation sites is 1. The van der Waals surface area contributed by atoms with Crippen molar-refractivity contribution in [2.45, 2.75) is 19.3 Å². The predicted molar refractivity (Wildman–Crippen MR) is 101 cm³/mol. The van der Waals surface area contributed by atoms with E-state index in [2.05, 4.69) is 21.4 Å². The lowest BCUT2D eigenvalue weighted by Crippen LogP contribution is -2.29. The van der Waals surface area contributed by atoms with Crippen molar-refractivity contribution >= 4 is 34.4 Å². The molecule has 0 spiro atoms. The Morgan fingerprint density at radius 3 is 2.72 bits per heavy atom. The van der Waals surface area contributed by atoms with E-state index in [1.54, 1.807) is 22.8 Å². The van der Waals surface area contributed by atoms with Gasteiger partial charge in [0.25, 0.3) is 5.91 Å². The van der Waals surface area contributed by atoms with Crippen LogP contribution >= 0.6 is 11.6 Å². The summed E-state index contributed by atoms with van der Waals surface area (Å²) in [5.41, 5.74) is 3.08. The molecule has 128 valence electrons. The second kappa shape index (κ2) is 6.76. The van der Waals surface area contributed by atoms with Gasteiger partial charge in [-0.25, -0.2) is 4.52 Å². The first kappa shape index (κ1) is 16.0. The molecule has 5 nitrogen and oxygen atoms in total. The largest absolute Gasteiger partial charge is 0.371 e. The van der Waals surface area contributed by atoms with Crippen LogP contribution in [0.1, 0.15) is 29.6 Å². The summed E-state index contributed by atoms with van der Waals surface area (Å²) in [4.78, 5) is 15.1. The number of aromatic nitrogens is 2. The van der Waals surface area contributed by atoms with Crippen LogP contribution < -0.4 is 10.2 Å². The molecule has 3 heterocycles. The number of fused-ring (bicyclic) bond motifs is 1. The molecular weight excluding hydrogens is 336 g/mol. The zero-order valence-corrected chi connectivity index (χ0v) is 14.5. The van der Waals surface area contributed by atoms with Gasteiger partial charge < -0.3 is 10.2 Å². The van der Waals surface area contributed by atoms with Crippen LogP contribution in [0.4, 0.5) is 11.4 Å². The van der Waals surface area contributed by atoms with Gasteiger partial charge in [-0.2, -0.15) is 5.10 Å². The molecule has 0 bridgehead atoms. The summed E-state index contributed by atoms with van der Waals surface area (Å²) in [6.07, 6.45) is 7.22. The molecule has 1 aliphatic heterocycles. The van der Waals surface area contributed by atoms with Gasteiger partial charge in [-0.1, -0.05) is 23.7 Å². The third-order valence-electron chi connectivity index (χ3n) is 4.59. The van der Waals surface area contributed by atoms with Crippen LogP contribution in [0.5, 0.6) is 0 Å². The Balaban J connectivity index is 1.65. The highest BCUT2D eigenvalue weighted by atomic mass is 35.5. The van der Waals surface area contributed by atoms with Gasteiger partial charge in [0.15, 0.2) is 0 Å². The van der Waals surface area contributed by atoms with E-state index in [0.717, 1.165) is 24.3 Å². The second-order valence-electron chi connectivity index (χ2n) is 6.25. The van der Waals surface area contributed by atoms with Crippen molar-refractivity contribution in [1.82, 2.24) is 9.61 Å². The minimum atomic E-state index is -0.209. The van der Waals surface area contributed by atoms with Crippen LogP contribution in [0.2, 0.25) is 5.02 Å². The van der Waals surface area contributed by atoms with Crippen molar-refractivity contribution in [3.8, 4) is 0 Å². The molecule has 1 aliphatic rings. The van der Waals surface area contributed by atoms with E-state index < -0.39 is 0 Å². The van der Waals surface area contributed by atoms with Crippen molar-refractivity contribution in [1.29, 1.82) is 0 Å². The average Bonchev–Trinajstić information content (AvgIpc) is 3.07. The van der Waals surface area contributed by atoms with Crippen LogP contribution in [-0.4, -0.2) is 28.6 Å². The number of pyridine rings is 1. The van der Waals surface area contributed by atoms with Crippen LogP contribution in [-0.2, 0) is 0 Å². The Kier molecular flexibility index (Phi) is 4.32. The topological polar surface area (TPSA) is 49.6 Å². The number of rotatable bonds is 3. The highest BCUT2D eigenvalue weighted by Crippen LogP contribution is 2.25. The zero-order chi connectivity index (χ0) is 17.2. The Hall–Kier alpha value is -2.53. The standard InChI is InChI=1S/C19H19ClN4O/c20-16-6-2-3-7-17(16)22-19(25)15-13-21-24-11-8-14(12-18(15)24)23-9-4-1-5-10-23/h2-3,6-8,11-13H,1,4-5,9-10H2,(H,22,25). The third kappa shape index (κ3) is 3.20. The van der Waals surface area contributed by atoms with Crippen LogP contribution in [0.15, 0.2) is 48.8 Å². The number of hydrogen-bond donors (Lipinski definition) is 1. The molecule has 2 aromatic heterocycles. The number of benzene rings is 1. The molecule has 1 N–H and O–H groups in total. The number of amides is 1. The first-order valence-corrected chi connectivity index (χ1v) is 8.88. The summed E-state index contributed by atoms with van der Waals surface area (Å²) in [5, 5.41) is 7.68. The van der Waals surface area contributed by atoms with Crippen molar-refractivity contribution < 1.29 is 4.79 Å². The lowest BCUT2D eigenvalue weighted by molar-refractivity contribution is 0.102. The van der Waals surface area contributed by atoms with E-state index in [1.807, 2.05) is 24.4 Å². The number of halogens is 1. The van der Waals surface area contributed by atoms with Gasteiger partial charge in [0.1, 0.15) is 0 Å². The number of nitrogens with one attached hydrogen (secondary N) is 1. The fourth-order valence-electron chi connectivity index (χ4n) is 3.25. The van der Waals surface area contributed by atoms with Crippen LogP contribution in [0.3, 0.4) is 0 Å². The maximum atomic E-state index is 12.7.